The smallest absolute Gasteiger partial charge is 0.308 e. The topological polar surface area (TPSA) is 46.6 Å². The fourth-order valence-corrected chi connectivity index (χ4v) is 2.10. The second kappa shape index (κ2) is 6.42. The average Bonchev–Trinajstić information content (AvgIpc) is 2.27. The Hall–Kier alpha value is -1.32. The number of esters is 1. The minimum absolute atomic E-state index is 0.0225. The molecule has 0 saturated heterocycles. The SMILES string of the molecule is CC(=O)O/C(=C\N(C)C)C(=O)C1CCCCC1. The molecular weight excluding hydrogens is 218 g/mol. The zero-order valence-electron chi connectivity index (χ0n) is 10.9. The van der Waals surface area contributed by atoms with Crippen molar-refractivity contribution in [2.24, 2.45) is 5.92 Å². The summed E-state index contributed by atoms with van der Waals surface area (Å²) < 4.78 is 5.01. The Labute approximate surface area is 103 Å². The standard InChI is InChI=1S/C13H21NO3/c1-10(15)17-12(9-14(2)3)13(16)11-7-5-4-6-8-11/h9,11H,4-8H2,1-3H3/b12-9-. The van der Waals surface area contributed by atoms with Crippen LogP contribution in [-0.4, -0.2) is 30.7 Å². The van der Waals surface area contributed by atoms with E-state index < -0.39 is 5.97 Å². The van der Waals surface area contributed by atoms with Gasteiger partial charge in [-0.05, 0) is 12.8 Å². The molecule has 0 bridgehead atoms. The van der Waals surface area contributed by atoms with Gasteiger partial charge in [-0.2, -0.15) is 0 Å². The van der Waals surface area contributed by atoms with Crippen molar-refractivity contribution in [2.45, 2.75) is 39.0 Å². The van der Waals surface area contributed by atoms with E-state index in [-0.39, 0.29) is 17.5 Å². The summed E-state index contributed by atoms with van der Waals surface area (Å²) in [6, 6.07) is 0. The monoisotopic (exact) mass is 239 g/mol. The molecule has 1 aliphatic carbocycles. The lowest BCUT2D eigenvalue weighted by atomic mass is 9.85. The van der Waals surface area contributed by atoms with Crippen LogP contribution in [0.5, 0.6) is 0 Å². The zero-order valence-corrected chi connectivity index (χ0v) is 10.9. The number of allylic oxidation sites excluding steroid dienone is 1. The van der Waals surface area contributed by atoms with Crippen LogP contribution in [-0.2, 0) is 14.3 Å². The summed E-state index contributed by atoms with van der Waals surface area (Å²) in [7, 11) is 3.61. The molecule has 1 saturated carbocycles. The van der Waals surface area contributed by atoms with Gasteiger partial charge in [-0.3, -0.25) is 9.59 Å². The Morgan fingerprint density at radius 2 is 1.76 bits per heavy atom. The van der Waals surface area contributed by atoms with E-state index >= 15 is 0 Å². The van der Waals surface area contributed by atoms with Gasteiger partial charge in [0.2, 0.25) is 5.78 Å². The maximum atomic E-state index is 12.2. The Morgan fingerprint density at radius 3 is 2.24 bits per heavy atom. The lowest BCUT2D eigenvalue weighted by molar-refractivity contribution is -0.141. The van der Waals surface area contributed by atoms with Crippen LogP contribution in [0, 0.1) is 5.92 Å². The fourth-order valence-electron chi connectivity index (χ4n) is 2.10. The second-order valence-corrected chi connectivity index (χ2v) is 4.75. The van der Waals surface area contributed by atoms with Crippen molar-refractivity contribution in [3.05, 3.63) is 12.0 Å². The summed E-state index contributed by atoms with van der Waals surface area (Å²) in [5.41, 5.74) is 0. The third-order valence-corrected chi connectivity index (χ3v) is 2.85. The highest BCUT2D eigenvalue weighted by atomic mass is 16.5. The van der Waals surface area contributed by atoms with Gasteiger partial charge < -0.3 is 9.64 Å². The zero-order chi connectivity index (χ0) is 12.8. The van der Waals surface area contributed by atoms with Gasteiger partial charge in [0.15, 0.2) is 5.76 Å². The maximum Gasteiger partial charge on any atom is 0.308 e. The minimum atomic E-state index is -0.442. The first kappa shape index (κ1) is 13.7. The molecule has 1 rings (SSSR count). The molecule has 0 aromatic heterocycles. The Balaban J connectivity index is 2.74. The highest BCUT2D eigenvalue weighted by molar-refractivity contribution is 5.97. The van der Waals surface area contributed by atoms with E-state index in [9.17, 15) is 9.59 Å². The molecule has 1 aliphatic rings. The molecule has 0 heterocycles. The van der Waals surface area contributed by atoms with Crippen molar-refractivity contribution < 1.29 is 14.3 Å². The van der Waals surface area contributed by atoms with E-state index in [4.69, 9.17) is 4.74 Å². The Bertz CT molecular complexity index is 315. The van der Waals surface area contributed by atoms with E-state index in [2.05, 4.69) is 0 Å². The van der Waals surface area contributed by atoms with Crippen molar-refractivity contribution in [3.63, 3.8) is 0 Å². The summed E-state index contributed by atoms with van der Waals surface area (Å²) in [5.74, 6) is -0.278. The second-order valence-electron chi connectivity index (χ2n) is 4.75. The average molecular weight is 239 g/mol. The van der Waals surface area contributed by atoms with E-state index in [1.807, 2.05) is 0 Å². The van der Waals surface area contributed by atoms with E-state index in [0.29, 0.717) is 0 Å². The molecule has 96 valence electrons. The maximum absolute atomic E-state index is 12.2. The summed E-state index contributed by atoms with van der Waals surface area (Å²) in [5, 5.41) is 0. The molecule has 0 unspecified atom stereocenters. The summed E-state index contributed by atoms with van der Waals surface area (Å²) in [4.78, 5) is 24.9. The largest absolute Gasteiger partial charge is 0.421 e. The normalized spacial score (nSPS) is 17.7. The number of Topliss-reactive ketones (excluding diaryl/α,β-unsaturated/α-hetero) is 1. The minimum Gasteiger partial charge on any atom is -0.421 e. The lowest BCUT2D eigenvalue weighted by Gasteiger charge is -2.21. The van der Waals surface area contributed by atoms with E-state index in [1.54, 1.807) is 25.2 Å². The quantitative estimate of drug-likeness (QED) is 0.428. The number of hydrogen-bond donors (Lipinski definition) is 0. The Kier molecular flexibility index (Phi) is 5.19. The first-order valence-corrected chi connectivity index (χ1v) is 6.11. The highest BCUT2D eigenvalue weighted by Crippen LogP contribution is 2.26. The molecule has 1 fully saturated rings. The van der Waals surface area contributed by atoms with Gasteiger partial charge in [-0.1, -0.05) is 19.3 Å². The number of carbonyl (C=O) groups excluding carboxylic acids is 2. The van der Waals surface area contributed by atoms with Gasteiger partial charge in [-0.25, -0.2) is 0 Å². The van der Waals surface area contributed by atoms with Crippen LogP contribution in [0.2, 0.25) is 0 Å². The van der Waals surface area contributed by atoms with Gasteiger partial charge >= 0.3 is 5.97 Å². The van der Waals surface area contributed by atoms with Crippen LogP contribution in [0.15, 0.2) is 12.0 Å². The van der Waals surface area contributed by atoms with Crippen molar-refractivity contribution in [3.8, 4) is 0 Å². The molecule has 0 radical (unpaired) electrons. The van der Waals surface area contributed by atoms with E-state index in [1.165, 1.54) is 13.3 Å². The van der Waals surface area contributed by atoms with Gasteiger partial charge in [-0.15, -0.1) is 0 Å². The van der Waals surface area contributed by atoms with Gasteiger partial charge in [0.05, 0.1) is 0 Å². The molecule has 0 atom stereocenters. The molecular formula is C13H21NO3. The number of rotatable bonds is 4. The summed E-state index contributed by atoms with van der Waals surface area (Å²) >= 11 is 0. The highest BCUT2D eigenvalue weighted by Gasteiger charge is 2.26. The molecule has 0 spiro atoms. The third kappa shape index (κ3) is 4.59. The van der Waals surface area contributed by atoms with Crippen LogP contribution in [0.1, 0.15) is 39.0 Å². The van der Waals surface area contributed by atoms with Crippen molar-refractivity contribution in [2.75, 3.05) is 14.1 Å². The molecule has 4 nitrogen and oxygen atoms in total. The summed E-state index contributed by atoms with van der Waals surface area (Å²) in [6.07, 6.45) is 6.77. The molecule has 0 aromatic rings. The number of nitrogens with zero attached hydrogens (tertiary/aromatic N) is 1. The van der Waals surface area contributed by atoms with Crippen LogP contribution >= 0.6 is 0 Å². The number of ketones is 1. The predicted molar refractivity (Wildman–Crippen MR) is 65.1 cm³/mol. The molecule has 0 aliphatic heterocycles. The first-order valence-electron chi connectivity index (χ1n) is 6.11. The van der Waals surface area contributed by atoms with Gasteiger partial charge in [0.25, 0.3) is 0 Å². The molecule has 0 N–H and O–H groups in total. The Morgan fingerprint density at radius 1 is 1.18 bits per heavy atom. The number of carbonyl (C=O) groups is 2. The molecule has 17 heavy (non-hydrogen) atoms. The van der Waals surface area contributed by atoms with Gasteiger partial charge in [0.1, 0.15) is 0 Å². The molecule has 4 heteroatoms. The summed E-state index contributed by atoms with van der Waals surface area (Å²) in [6.45, 7) is 1.32. The predicted octanol–water partition coefficient (Wildman–Crippen LogP) is 2.10. The van der Waals surface area contributed by atoms with Crippen molar-refractivity contribution in [1.82, 2.24) is 4.90 Å². The lowest BCUT2D eigenvalue weighted by Crippen LogP contribution is -2.23. The number of ether oxygens (including phenoxy) is 1. The van der Waals surface area contributed by atoms with Crippen LogP contribution in [0.3, 0.4) is 0 Å². The van der Waals surface area contributed by atoms with E-state index in [0.717, 1.165) is 25.7 Å². The van der Waals surface area contributed by atoms with Gasteiger partial charge in [0, 0.05) is 33.1 Å². The number of hydrogen-bond acceptors (Lipinski definition) is 4. The van der Waals surface area contributed by atoms with Crippen LogP contribution < -0.4 is 0 Å². The van der Waals surface area contributed by atoms with Crippen LogP contribution in [0.4, 0.5) is 0 Å². The third-order valence-electron chi connectivity index (χ3n) is 2.85. The van der Waals surface area contributed by atoms with Crippen molar-refractivity contribution >= 4 is 11.8 Å². The fraction of sp³-hybridized carbons (Fsp3) is 0.692. The van der Waals surface area contributed by atoms with Crippen molar-refractivity contribution in [1.29, 1.82) is 0 Å². The molecule has 0 aromatic carbocycles. The first-order chi connectivity index (χ1) is 8.00. The molecule has 0 amide bonds. The van der Waals surface area contributed by atoms with Crippen LogP contribution in [0.25, 0.3) is 0 Å².